The van der Waals surface area contributed by atoms with Crippen molar-refractivity contribution in [2.45, 2.75) is 31.0 Å². The number of aliphatic hydroxyl groups is 1. The molecule has 4 nitrogen and oxygen atoms in total. The van der Waals surface area contributed by atoms with Crippen molar-refractivity contribution in [3.63, 3.8) is 0 Å². The molecule has 0 aromatic rings. The zero-order valence-corrected chi connectivity index (χ0v) is 7.20. The maximum Gasteiger partial charge on any atom is 0.0860 e. The fourth-order valence-electron chi connectivity index (χ4n) is 2.16. The summed E-state index contributed by atoms with van der Waals surface area (Å²) in [7, 11) is 0. The molecule has 0 amide bonds. The quantitative estimate of drug-likeness (QED) is 0.482. The minimum absolute atomic E-state index is 0.133. The molecule has 2 atom stereocenters. The highest BCUT2D eigenvalue weighted by Gasteiger charge is 2.41. The standard InChI is InChI=1S/C8H16N2O2/c9-10-3-2-8(6-10)5-7(11)1-4-12-8/h7,11H,1-6,9H2/t7-,8+/m0/s1. The van der Waals surface area contributed by atoms with Crippen LogP contribution in [0.15, 0.2) is 0 Å². The van der Waals surface area contributed by atoms with Crippen LogP contribution in [-0.4, -0.2) is 41.5 Å². The molecule has 0 aliphatic carbocycles. The van der Waals surface area contributed by atoms with E-state index in [4.69, 9.17) is 10.6 Å². The van der Waals surface area contributed by atoms with Crippen molar-refractivity contribution < 1.29 is 9.84 Å². The van der Waals surface area contributed by atoms with E-state index in [0.29, 0.717) is 6.61 Å². The first-order valence-corrected chi connectivity index (χ1v) is 4.52. The molecule has 70 valence electrons. The minimum Gasteiger partial charge on any atom is -0.393 e. The van der Waals surface area contributed by atoms with Gasteiger partial charge in [0.2, 0.25) is 0 Å². The maximum absolute atomic E-state index is 9.48. The molecule has 0 bridgehead atoms. The second kappa shape index (κ2) is 2.96. The van der Waals surface area contributed by atoms with Crippen LogP contribution in [0.1, 0.15) is 19.3 Å². The van der Waals surface area contributed by atoms with Gasteiger partial charge in [-0.25, -0.2) is 5.01 Å². The summed E-state index contributed by atoms with van der Waals surface area (Å²) in [6.07, 6.45) is 2.29. The molecule has 0 unspecified atom stereocenters. The summed E-state index contributed by atoms with van der Waals surface area (Å²) in [4.78, 5) is 0. The third-order valence-electron chi connectivity index (χ3n) is 2.81. The molecule has 3 N–H and O–H groups in total. The highest BCUT2D eigenvalue weighted by molar-refractivity contribution is 4.94. The van der Waals surface area contributed by atoms with Crippen LogP contribution >= 0.6 is 0 Å². The van der Waals surface area contributed by atoms with Gasteiger partial charge < -0.3 is 9.84 Å². The van der Waals surface area contributed by atoms with Crippen molar-refractivity contribution >= 4 is 0 Å². The van der Waals surface area contributed by atoms with Crippen LogP contribution in [0.2, 0.25) is 0 Å². The van der Waals surface area contributed by atoms with Gasteiger partial charge in [-0.2, -0.15) is 0 Å². The summed E-state index contributed by atoms with van der Waals surface area (Å²) < 4.78 is 5.69. The van der Waals surface area contributed by atoms with Gasteiger partial charge in [0.25, 0.3) is 0 Å². The zero-order chi connectivity index (χ0) is 8.60. The summed E-state index contributed by atoms with van der Waals surface area (Å²) in [5.74, 6) is 5.66. The lowest BCUT2D eigenvalue weighted by atomic mass is 9.91. The summed E-state index contributed by atoms with van der Waals surface area (Å²) in [5, 5.41) is 11.3. The van der Waals surface area contributed by atoms with E-state index in [0.717, 1.165) is 32.4 Å². The van der Waals surface area contributed by atoms with Gasteiger partial charge in [-0.15, -0.1) is 0 Å². The predicted molar refractivity (Wildman–Crippen MR) is 44.3 cm³/mol. The summed E-state index contributed by atoms with van der Waals surface area (Å²) >= 11 is 0. The molecular formula is C8H16N2O2. The molecule has 2 aliphatic heterocycles. The SMILES string of the molecule is NN1CC[C@@]2(C[C@@H](O)CCO2)C1. The number of hydrogen-bond donors (Lipinski definition) is 2. The van der Waals surface area contributed by atoms with Crippen LogP contribution in [0.25, 0.3) is 0 Å². The number of nitrogens with two attached hydrogens (primary N) is 1. The molecule has 0 radical (unpaired) electrons. The van der Waals surface area contributed by atoms with Crippen molar-refractivity contribution in [3.05, 3.63) is 0 Å². The molecular weight excluding hydrogens is 156 g/mol. The van der Waals surface area contributed by atoms with E-state index < -0.39 is 0 Å². The van der Waals surface area contributed by atoms with Gasteiger partial charge >= 0.3 is 0 Å². The summed E-state index contributed by atoms with van der Waals surface area (Å²) in [6, 6.07) is 0. The van der Waals surface area contributed by atoms with Crippen LogP contribution < -0.4 is 5.84 Å². The van der Waals surface area contributed by atoms with Gasteiger partial charge in [-0.05, 0) is 12.8 Å². The fourth-order valence-corrected chi connectivity index (χ4v) is 2.16. The van der Waals surface area contributed by atoms with Gasteiger partial charge in [-0.3, -0.25) is 5.84 Å². The lowest BCUT2D eigenvalue weighted by molar-refractivity contribution is -0.110. The lowest BCUT2D eigenvalue weighted by Gasteiger charge is -2.35. The smallest absolute Gasteiger partial charge is 0.0860 e. The first-order chi connectivity index (χ1) is 5.70. The first kappa shape index (κ1) is 8.44. The molecule has 2 rings (SSSR count). The number of hydrazine groups is 1. The zero-order valence-electron chi connectivity index (χ0n) is 7.20. The largest absolute Gasteiger partial charge is 0.393 e. The van der Waals surface area contributed by atoms with Crippen molar-refractivity contribution in [2.24, 2.45) is 5.84 Å². The maximum atomic E-state index is 9.48. The molecule has 0 aromatic heterocycles. The Morgan fingerprint density at radius 3 is 3.00 bits per heavy atom. The Morgan fingerprint density at radius 1 is 1.58 bits per heavy atom. The van der Waals surface area contributed by atoms with Crippen LogP contribution in [0, 0.1) is 0 Å². The Bertz CT molecular complexity index is 172. The van der Waals surface area contributed by atoms with Gasteiger partial charge in [0.1, 0.15) is 0 Å². The number of nitrogens with zero attached hydrogens (tertiary/aromatic N) is 1. The van der Waals surface area contributed by atoms with Crippen molar-refractivity contribution in [2.75, 3.05) is 19.7 Å². The van der Waals surface area contributed by atoms with Crippen LogP contribution in [0.5, 0.6) is 0 Å². The second-order valence-corrected chi connectivity index (χ2v) is 3.90. The summed E-state index contributed by atoms with van der Waals surface area (Å²) in [5.41, 5.74) is -0.133. The monoisotopic (exact) mass is 172 g/mol. The van der Waals surface area contributed by atoms with E-state index in [1.807, 2.05) is 0 Å². The van der Waals surface area contributed by atoms with Crippen LogP contribution in [0.4, 0.5) is 0 Å². The van der Waals surface area contributed by atoms with E-state index in [9.17, 15) is 5.11 Å². The average molecular weight is 172 g/mol. The highest BCUT2D eigenvalue weighted by Crippen LogP contribution is 2.32. The lowest BCUT2D eigenvalue weighted by Crippen LogP contribution is -2.45. The van der Waals surface area contributed by atoms with Crippen LogP contribution in [-0.2, 0) is 4.74 Å². The van der Waals surface area contributed by atoms with E-state index in [-0.39, 0.29) is 11.7 Å². The van der Waals surface area contributed by atoms with E-state index in [1.54, 1.807) is 5.01 Å². The Kier molecular flexibility index (Phi) is 2.08. The highest BCUT2D eigenvalue weighted by atomic mass is 16.5. The second-order valence-electron chi connectivity index (χ2n) is 3.90. The van der Waals surface area contributed by atoms with Gasteiger partial charge in [-0.1, -0.05) is 0 Å². The Balaban J connectivity index is 2.00. The van der Waals surface area contributed by atoms with Crippen molar-refractivity contribution in [3.8, 4) is 0 Å². The Morgan fingerprint density at radius 2 is 2.42 bits per heavy atom. The minimum atomic E-state index is -0.190. The topological polar surface area (TPSA) is 58.7 Å². The van der Waals surface area contributed by atoms with Gasteiger partial charge in [0, 0.05) is 26.1 Å². The summed E-state index contributed by atoms with van der Waals surface area (Å²) in [6.45, 7) is 2.33. The molecule has 2 heterocycles. The van der Waals surface area contributed by atoms with E-state index >= 15 is 0 Å². The van der Waals surface area contributed by atoms with Crippen LogP contribution in [0.3, 0.4) is 0 Å². The Labute approximate surface area is 72.3 Å². The number of hydrogen-bond acceptors (Lipinski definition) is 4. The molecule has 2 aliphatic rings. The third kappa shape index (κ3) is 1.47. The molecule has 0 saturated carbocycles. The first-order valence-electron chi connectivity index (χ1n) is 4.52. The van der Waals surface area contributed by atoms with E-state index in [1.165, 1.54) is 0 Å². The van der Waals surface area contributed by atoms with Crippen molar-refractivity contribution in [1.82, 2.24) is 5.01 Å². The average Bonchev–Trinajstić information content (AvgIpc) is 2.32. The number of rotatable bonds is 0. The molecule has 0 aromatic carbocycles. The molecule has 12 heavy (non-hydrogen) atoms. The van der Waals surface area contributed by atoms with Crippen molar-refractivity contribution in [1.29, 1.82) is 0 Å². The van der Waals surface area contributed by atoms with E-state index in [2.05, 4.69) is 0 Å². The normalized spacial score (nSPS) is 44.0. The number of ether oxygens (including phenoxy) is 1. The Hall–Kier alpha value is -0.160. The predicted octanol–water partition coefficient (Wildman–Crippen LogP) is -0.524. The molecule has 2 saturated heterocycles. The number of aliphatic hydroxyl groups excluding tert-OH is 1. The molecule has 1 spiro atoms. The molecule has 4 heteroatoms. The van der Waals surface area contributed by atoms with Gasteiger partial charge in [0.05, 0.1) is 11.7 Å². The third-order valence-corrected chi connectivity index (χ3v) is 2.81. The fraction of sp³-hybridized carbons (Fsp3) is 1.00. The molecule has 2 fully saturated rings. The van der Waals surface area contributed by atoms with Gasteiger partial charge in [0.15, 0.2) is 0 Å².